The summed E-state index contributed by atoms with van der Waals surface area (Å²) in [4.78, 5) is 4.74. The van der Waals surface area contributed by atoms with E-state index in [9.17, 15) is 0 Å². The molecule has 1 heterocycles. The summed E-state index contributed by atoms with van der Waals surface area (Å²) >= 11 is 5.48. The van der Waals surface area contributed by atoms with Gasteiger partial charge in [-0.2, -0.15) is 0 Å². The van der Waals surface area contributed by atoms with Crippen molar-refractivity contribution in [2.75, 3.05) is 5.75 Å². The van der Waals surface area contributed by atoms with Gasteiger partial charge in [0.05, 0.1) is 6.54 Å². The van der Waals surface area contributed by atoms with Crippen LogP contribution in [0.25, 0.3) is 0 Å². The van der Waals surface area contributed by atoms with Crippen LogP contribution in [0.1, 0.15) is 31.2 Å². The number of aliphatic imine (C=N–C) groups is 1. The first-order valence-corrected chi connectivity index (χ1v) is 8.78. The zero-order valence-electron chi connectivity index (χ0n) is 10.9. The molecule has 4 heteroatoms. The van der Waals surface area contributed by atoms with Crippen LogP contribution < -0.4 is 5.32 Å². The highest BCUT2D eigenvalue weighted by atomic mass is 79.9. The van der Waals surface area contributed by atoms with Crippen molar-refractivity contribution in [2.45, 2.75) is 38.3 Å². The minimum atomic E-state index is 0.674. The van der Waals surface area contributed by atoms with E-state index in [1.807, 2.05) is 17.8 Å². The van der Waals surface area contributed by atoms with Crippen LogP contribution in [0, 0.1) is 5.92 Å². The lowest BCUT2D eigenvalue weighted by molar-refractivity contribution is 0.311. The van der Waals surface area contributed by atoms with Crippen molar-refractivity contribution >= 4 is 32.9 Å². The topological polar surface area (TPSA) is 24.4 Å². The molecule has 0 amide bonds. The Morgan fingerprint density at radius 1 is 1.26 bits per heavy atom. The summed E-state index contributed by atoms with van der Waals surface area (Å²) in [5.41, 5.74) is 1.25. The van der Waals surface area contributed by atoms with Crippen molar-refractivity contribution in [1.82, 2.24) is 5.32 Å². The Morgan fingerprint density at radius 2 is 2.11 bits per heavy atom. The lowest BCUT2D eigenvalue weighted by Gasteiger charge is -2.36. The number of fused-ring (bicyclic) bond motifs is 1. The maximum Gasteiger partial charge on any atom is 0.157 e. The van der Waals surface area contributed by atoms with Crippen LogP contribution in [0.15, 0.2) is 33.7 Å². The molecule has 0 aromatic heterocycles. The van der Waals surface area contributed by atoms with Gasteiger partial charge in [-0.05, 0) is 30.4 Å². The number of amidine groups is 1. The van der Waals surface area contributed by atoms with Crippen LogP contribution in [0.2, 0.25) is 0 Å². The Morgan fingerprint density at radius 3 is 3.00 bits per heavy atom. The number of hydrogen-bond donors (Lipinski definition) is 1. The highest BCUT2D eigenvalue weighted by Crippen LogP contribution is 2.31. The normalized spacial score (nSPS) is 28.8. The lowest BCUT2D eigenvalue weighted by Crippen LogP contribution is -2.46. The van der Waals surface area contributed by atoms with Crippen molar-refractivity contribution in [2.24, 2.45) is 10.9 Å². The van der Waals surface area contributed by atoms with E-state index in [0.29, 0.717) is 6.04 Å². The van der Waals surface area contributed by atoms with Gasteiger partial charge in [0.1, 0.15) is 0 Å². The van der Waals surface area contributed by atoms with Gasteiger partial charge in [0.15, 0.2) is 5.17 Å². The van der Waals surface area contributed by atoms with Crippen LogP contribution >= 0.6 is 27.7 Å². The SMILES string of the molecule is Brc1ccccc1CN=C1NC2CCCCC2CS1. The van der Waals surface area contributed by atoms with Crippen molar-refractivity contribution in [3.05, 3.63) is 34.3 Å². The maximum atomic E-state index is 4.74. The molecule has 3 rings (SSSR count). The quantitative estimate of drug-likeness (QED) is 0.873. The summed E-state index contributed by atoms with van der Waals surface area (Å²) in [6, 6.07) is 8.99. The number of nitrogens with one attached hydrogen (secondary N) is 1. The molecule has 0 bridgehead atoms. The van der Waals surface area contributed by atoms with Crippen molar-refractivity contribution in [3.8, 4) is 0 Å². The number of hydrogen-bond acceptors (Lipinski definition) is 2. The molecule has 2 nitrogen and oxygen atoms in total. The summed E-state index contributed by atoms with van der Waals surface area (Å²) < 4.78 is 1.15. The Hall–Kier alpha value is -0.480. The maximum absolute atomic E-state index is 4.74. The summed E-state index contributed by atoms with van der Waals surface area (Å²) in [5.74, 6) is 2.10. The molecule has 1 aliphatic heterocycles. The molecule has 0 radical (unpaired) electrons. The molecule has 19 heavy (non-hydrogen) atoms. The Kier molecular flexibility index (Phi) is 4.49. The first kappa shape index (κ1) is 13.5. The zero-order valence-corrected chi connectivity index (χ0v) is 13.3. The van der Waals surface area contributed by atoms with Crippen LogP contribution in [0.3, 0.4) is 0 Å². The van der Waals surface area contributed by atoms with Gasteiger partial charge < -0.3 is 5.32 Å². The molecule has 1 N–H and O–H groups in total. The molecular formula is C15H19BrN2S. The van der Waals surface area contributed by atoms with Gasteiger partial charge in [-0.15, -0.1) is 0 Å². The van der Waals surface area contributed by atoms with E-state index in [4.69, 9.17) is 4.99 Å². The first-order valence-electron chi connectivity index (χ1n) is 7.00. The fourth-order valence-electron chi connectivity index (χ4n) is 2.86. The van der Waals surface area contributed by atoms with E-state index in [-0.39, 0.29) is 0 Å². The van der Waals surface area contributed by atoms with E-state index in [0.717, 1.165) is 22.1 Å². The third-order valence-corrected chi connectivity index (χ3v) is 5.89. The van der Waals surface area contributed by atoms with E-state index < -0.39 is 0 Å². The lowest BCUT2D eigenvalue weighted by atomic mass is 9.86. The number of thioether (sulfide) groups is 1. The Labute approximate surface area is 127 Å². The minimum absolute atomic E-state index is 0.674. The molecule has 102 valence electrons. The molecule has 1 saturated heterocycles. The molecule has 0 spiro atoms. The van der Waals surface area contributed by atoms with E-state index in [1.54, 1.807) is 0 Å². The highest BCUT2D eigenvalue weighted by Gasteiger charge is 2.30. The van der Waals surface area contributed by atoms with E-state index in [1.165, 1.54) is 37.0 Å². The standard InChI is InChI=1S/C15H19BrN2S/c16-13-7-3-1-5-11(13)9-17-15-18-14-8-4-2-6-12(14)10-19-15/h1,3,5,7,12,14H,2,4,6,8-10H2,(H,17,18). The van der Waals surface area contributed by atoms with Crippen LogP contribution in [0.4, 0.5) is 0 Å². The summed E-state index contributed by atoms with van der Waals surface area (Å²) in [5, 5.41) is 4.78. The molecule has 1 aromatic rings. The van der Waals surface area contributed by atoms with Crippen LogP contribution in [-0.4, -0.2) is 17.0 Å². The Balaban J connectivity index is 1.63. The third kappa shape index (κ3) is 3.34. The predicted molar refractivity (Wildman–Crippen MR) is 86.6 cm³/mol. The second-order valence-corrected chi connectivity index (χ2v) is 7.18. The molecule has 2 fully saturated rings. The monoisotopic (exact) mass is 338 g/mol. The minimum Gasteiger partial charge on any atom is -0.362 e. The molecular weight excluding hydrogens is 320 g/mol. The second-order valence-electron chi connectivity index (χ2n) is 5.32. The van der Waals surface area contributed by atoms with Gasteiger partial charge in [0.2, 0.25) is 0 Å². The van der Waals surface area contributed by atoms with Gasteiger partial charge in [-0.1, -0.05) is 58.7 Å². The van der Waals surface area contributed by atoms with Crippen LogP contribution in [-0.2, 0) is 6.54 Å². The molecule has 1 aromatic carbocycles. The molecule has 1 aliphatic carbocycles. The molecule has 2 unspecified atom stereocenters. The average molecular weight is 339 g/mol. The summed E-state index contributed by atoms with van der Waals surface area (Å²) in [7, 11) is 0. The number of rotatable bonds is 2. The summed E-state index contributed by atoms with van der Waals surface area (Å²) in [6.07, 6.45) is 5.49. The highest BCUT2D eigenvalue weighted by molar-refractivity contribution is 9.10. The van der Waals surface area contributed by atoms with E-state index in [2.05, 4.69) is 39.4 Å². The number of benzene rings is 1. The smallest absolute Gasteiger partial charge is 0.157 e. The van der Waals surface area contributed by atoms with Gasteiger partial charge in [0.25, 0.3) is 0 Å². The number of halogens is 1. The van der Waals surface area contributed by atoms with Crippen molar-refractivity contribution in [3.63, 3.8) is 0 Å². The second kappa shape index (κ2) is 6.31. The number of nitrogens with zero attached hydrogens (tertiary/aromatic N) is 1. The molecule has 2 atom stereocenters. The Bertz CT molecular complexity index is 475. The average Bonchev–Trinajstić information content (AvgIpc) is 2.46. The van der Waals surface area contributed by atoms with Gasteiger partial charge in [-0.3, -0.25) is 4.99 Å². The molecule has 2 aliphatic rings. The largest absolute Gasteiger partial charge is 0.362 e. The van der Waals surface area contributed by atoms with Gasteiger partial charge in [-0.25, -0.2) is 0 Å². The summed E-state index contributed by atoms with van der Waals surface area (Å²) in [6.45, 7) is 0.758. The van der Waals surface area contributed by atoms with Gasteiger partial charge in [0, 0.05) is 16.3 Å². The predicted octanol–water partition coefficient (Wildman–Crippen LogP) is 4.20. The van der Waals surface area contributed by atoms with Crippen LogP contribution in [0.5, 0.6) is 0 Å². The van der Waals surface area contributed by atoms with Gasteiger partial charge >= 0.3 is 0 Å². The first-order chi connectivity index (χ1) is 9.33. The fourth-order valence-corrected chi connectivity index (χ4v) is 4.43. The zero-order chi connectivity index (χ0) is 13.1. The molecule has 1 saturated carbocycles. The van der Waals surface area contributed by atoms with Crippen molar-refractivity contribution in [1.29, 1.82) is 0 Å². The van der Waals surface area contributed by atoms with E-state index >= 15 is 0 Å². The fraction of sp³-hybridized carbons (Fsp3) is 0.533. The van der Waals surface area contributed by atoms with Crippen molar-refractivity contribution < 1.29 is 0 Å². The third-order valence-electron chi connectivity index (χ3n) is 4.00.